The standard InChI is InChI=1S/C24BF20.C12H10N2OS/c26-5-1(6(27)14(35)21(42)13(5)34)25(2-7(28)15(36)22(43)16(37)8(2)29,3-9(30)17(38)23(44)18(39)10(3)31)4-11(32)19(40)24(45)20(41)12(4)33;15-12(9-14-6-4-13-5-7-14)10-2-1-3-11(16)8-10/h;1-8H,9H2/q-1;/p+1. The molecule has 1 aromatic heterocycles. The summed E-state index contributed by atoms with van der Waals surface area (Å²) in [5.41, 5.74) is -13.7. The molecule has 0 aliphatic carbocycles. The van der Waals surface area contributed by atoms with Crippen molar-refractivity contribution in [3.63, 3.8) is 0 Å². The highest BCUT2D eigenvalue weighted by Crippen LogP contribution is 2.30. The number of Topliss-reactive ketones (excluding diaryl/α,β-unsaturated/α-hetero) is 1. The molecule has 6 rings (SSSR count). The lowest BCUT2D eigenvalue weighted by molar-refractivity contribution is -0.683. The number of benzene rings is 5. The first kappa shape index (κ1) is 45.9. The maximum absolute atomic E-state index is 15.4. The second-order valence-electron chi connectivity index (χ2n) is 12.2. The third kappa shape index (κ3) is 7.41. The summed E-state index contributed by atoms with van der Waals surface area (Å²) >= 11 is 4.21. The van der Waals surface area contributed by atoms with Crippen molar-refractivity contribution >= 4 is 46.4 Å². The van der Waals surface area contributed by atoms with Crippen LogP contribution in [0.1, 0.15) is 10.4 Å². The molecule has 0 saturated carbocycles. The Kier molecular flexibility index (Phi) is 12.9. The van der Waals surface area contributed by atoms with Gasteiger partial charge in [0.2, 0.25) is 12.3 Å². The first-order chi connectivity index (χ1) is 28.5. The van der Waals surface area contributed by atoms with Crippen molar-refractivity contribution in [2.24, 2.45) is 0 Å². The van der Waals surface area contributed by atoms with Crippen LogP contribution in [0.2, 0.25) is 0 Å². The van der Waals surface area contributed by atoms with Gasteiger partial charge in [-0.2, -0.15) is 4.57 Å². The van der Waals surface area contributed by atoms with Crippen LogP contribution in [0.15, 0.2) is 53.9 Å². The van der Waals surface area contributed by atoms with Gasteiger partial charge in [-0.05, 0) is 12.1 Å². The zero-order valence-corrected chi connectivity index (χ0v) is 29.6. The molecule has 3 nitrogen and oxygen atoms in total. The first-order valence-electron chi connectivity index (χ1n) is 15.8. The van der Waals surface area contributed by atoms with Crippen LogP contribution in [-0.4, -0.2) is 16.9 Å². The average Bonchev–Trinajstić information content (AvgIpc) is 3.24. The summed E-state index contributed by atoms with van der Waals surface area (Å²) in [6.45, 7) is 0.319. The topological polar surface area (TPSA) is 33.8 Å². The van der Waals surface area contributed by atoms with E-state index in [1.54, 1.807) is 41.5 Å². The van der Waals surface area contributed by atoms with E-state index in [-0.39, 0.29) is 5.78 Å². The van der Waals surface area contributed by atoms with E-state index in [1.165, 1.54) is 0 Å². The maximum Gasteiger partial charge on any atom is 0.227 e. The molecular formula is C36H11BF20N2OS. The van der Waals surface area contributed by atoms with Gasteiger partial charge in [-0.1, -0.05) is 12.1 Å². The van der Waals surface area contributed by atoms with E-state index in [9.17, 15) is 57.5 Å². The molecule has 6 aromatic rings. The molecule has 0 atom stereocenters. The van der Waals surface area contributed by atoms with Gasteiger partial charge in [-0.15, -0.1) is 34.5 Å². The Labute approximate surface area is 330 Å². The van der Waals surface area contributed by atoms with E-state index in [2.05, 4.69) is 17.6 Å². The normalized spacial score (nSPS) is 11.5. The molecule has 320 valence electrons. The van der Waals surface area contributed by atoms with E-state index in [0.717, 1.165) is 4.90 Å². The number of nitrogens with zero attached hydrogens (tertiary/aromatic N) is 2. The number of ketones is 1. The van der Waals surface area contributed by atoms with Crippen molar-refractivity contribution in [3.05, 3.63) is 171 Å². The van der Waals surface area contributed by atoms with E-state index >= 15 is 35.1 Å². The largest absolute Gasteiger partial charge is 0.287 e. The van der Waals surface area contributed by atoms with Crippen LogP contribution >= 0.6 is 12.6 Å². The van der Waals surface area contributed by atoms with Gasteiger partial charge in [-0.3, -0.25) is 9.78 Å². The Hall–Kier alpha value is -6.14. The van der Waals surface area contributed by atoms with Crippen LogP contribution in [-0.2, 0) is 6.54 Å². The second-order valence-corrected chi connectivity index (χ2v) is 12.7. The molecule has 0 spiro atoms. The fourth-order valence-electron chi connectivity index (χ4n) is 6.26. The van der Waals surface area contributed by atoms with Gasteiger partial charge in [0.25, 0.3) is 0 Å². The molecule has 25 heteroatoms. The van der Waals surface area contributed by atoms with Gasteiger partial charge >= 0.3 is 0 Å². The summed E-state index contributed by atoms with van der Waals surface area (Å²) in [6, 6.07) is 7.24. The van der Waals surface area contributed by atoms with Crippen LogP contribution in [0.25, 0.3) is 0 Å². The number of hydrogen-bond acceptors (Lipinski definition) is 3. The fourth-order valence-corrected chi connectivity index (χ4v) is 6.49. The van der Waals surface area contributed by atoms with Gasteiger partial charge in [0.15, 0.2) is 82.2 Å². The number of carbonyl (C=O) groups excluding carboxylic acids is 1. The third-order valence-electron chi connectivity index (χ3n) is 8.89. The Morgan fingerprint density at radius 1 is 0.443 bits per heavy atom. The lowest BCUT2D eigenvalue weighted by Crippen LogP contribution is -2.81. The minimum absolute atomic E-state index is 0.0621. The summed E-state index contributed by atoms with van der Waals surface area (Å²) in [6.07, 6.45) is -0.374. The SMILES string of the molecule is Fc1c(F)c(F)c([B-](c2c(F)c(F)c(F)c(F)c2F)(c2c(F)c(F)c(F)c(F)c2F)c2c(F)c(F)c(F)c(F)c2F)c(F)c1F.O=C(C[n+]1ccncc1)c1cccc(S)c1. The molecule has 0 saturated heterocycles. The predicted molar refractivity (Wildman–Crippen MR) is 172 cm³/mol. The zero-order valence-electron chi connectivity index (χ0n) is 28.7. The average molecular weight is 910 g/mol. The van der Waals surface area contributed by atoms with Crippen LogP contribution in [0.3, 0.4) is 0 Å². The van der Waals surface area contributed by atoms with Crippen molar-refractivity contribution in [1.29, 1.82) is 0 Å². The molecule has 0 aliphatic rings. The first-order valence-corrected chi connectivity index (χ1v) is 16.2. The number of halogens is 20. The molecule has 0 amide bonds. The summed E-state index contributed by atoms with van der Waals surface area (Å²) in [5.74, 6) is -71.3. The molecule has 5 aromatic carbocycles. The quantitative estimate of drug-likeness (QED) is 0.0345. The zero-order chi connectivity index (χ0) is 45.7. The minimum atomic E-state index is -7.22. The molecule has 0 unspecified atom stereocenters. The van der Waals surface area contributed by atoms with Crippen molar-refractivity contribution in [2.45, 2.75) is 11.4 Å². The van der Waals surface area contributed by atoms with Crippen molar-refractivity contribution in [3.8, 4) is 0 Å². The Balaban J connectivity index is 0.000000366. The van der Waals surface area contributed by atoms with E-state index in [0.29, 0.717) is 12.1 Å². The van der Waals surface area contributed by atoms with Gasteiger partial charge < -0.3 is 0 Å². The molecular weight excluding hydrogens is 899 g/mol. The van der Waals surface area contributed by atoms with E-state index in [1.807, 2.05) is 12.1 Å². The summed E-state index contributed by atoms with van der Waals surface area (Å²) in [7, 11) is 0. The Bertz CT molecular complexity index is 2390. The van der Waals surface area contributed by atoms with Crippen molar-refractivity contribution in [1.82, 2.24) is 4.98 Å². The number of carbonyl (C=O) groups is 1. The second kappa shape index (κ2) is 17.1. The number of rotatable bonds is 7. The molecule has 0 bridgehead atoms. The van der Waals surface area contributed by atoms with Crippen LogP contribution in [0, 0.1) is 116 Å². The van der Waals surface area contributed by atoms with Gasteiger partial charge in [0, 0.05) is 10.5 Å². The molecule has 0 fully saturated rings. The van der Waals surface area contributed by atoms with Crippen molar-refractivity contribution < 1.29 is 97.2 Å². The summed E-state index contributed by atoms with van der Waals surface area (Å²) in [4.78, 5) is 16.6. The highest BCUT2D eigenvalue weighted by Gasteiger charge is 2.52. The number of aromatic nitrogens is 2. The predicted octanol–water partition coefficient (Wildman–Crippen LogP) is 7.39. The van der Waals surface area contributed by atoms with Crippen molar-refractivity contribution in [2.75, 3.05) is 0 Å². The highest BCUT2D eigenvalue weighted by atomic mass is 32.1. The fraction of sp³-hybridized carbons (Fsp3) is 0.0278. The molecule has 0 N–H and O–H groups in total. The van der Waals surface area contributed by atoms with E-state index in [4.69, 9.17) is 0 Å². The lowest BCUT2D eigenvalue weighted by atomic mass is 9.12. The van der Waals surface area contributed by atoms with Gasteiger partial charge in [0.1, 0.15) is 52.7 Å². The van der Waals surface area contributed by atoms with Gasteiger partial charge in [0.05, 0.1) is 12.4 Å². The Morgan fingerprint density at radius 3 is 0.967 bits per heavy atom. The minimum Gasteiger partial charge on any atom is -0.287 e. The van der Waals surface area contributed by atoms with Crippen LogP contribution < -0.4 is 26.4 Å². The van der Waals surface area contributed by atoms with Gasteiger partial charge in [-0.25, -0.2) is 87.8 Å². The number of thiol groups is 1. The molecule has 1 heterocycles. The monoisotopic (exact) mass is 910 g/mol. The lowest BCUT2D eigenvalue weighted by Gasteiger charge is -2.44. The van der Waals surface area contributed by atoms with Crippen LogP contribution in [0.5, 0.6) is 0 Å². The summed E-state index contributed by atoms with van der Waals surface area (Å²) < 4.78 is 296. The number of hydrogen-bond donors (Lipinski definition) is 1. The van der Waals surface area contributed by atoms with Crippen LogP contribution in [0.4, 0.5) is 87.8 Å². The third-order valence-corrected chi connectivity index (χ3v) is 9.17. The van der Waals surface area contributed by atoms with E-state index < -0.39 is 144 Å². The smallest absolute Gasteiger partial charge is 0.227 e. The molecule has 0 radical (unpaired) electrons. The Morgan fingerprint density at radius 2 is 0.705 bits per heavy atom. The maximum atomic E-state index is 15.4. The molecule has 0 aliphatic heterocycles. The summed E-state index contributed by atoms with van der Waals surface area (Å²) in [5, 5.41) is 0. The highest BCUT2D eigenvalue weighted by molar-refractivity contribution is 7.80. The molecule has 61 heavy (non-hydrogen) atoms.